The maximum atomic E-state index is 11.4. The first-order valence-electron chi connectivity index (χ1n) is 11.5. The summed E-state index contributed by atoms with van der Waals surface area (Å²) < 4.78 is 14.6. The van der Waals surface area contributed by atoms with Gasteiger partial charge in [-0.15, -0.1) is 0 Å². The van der Waals surface area contributed by atoms with Crippen molar-refractivity contribution in [3.8, 4) is 11.8 Å². The molecule has 0 aliphatic heterocycles. The predicted molar refractivity (Wildman–Crippen MR) is 136 cm³/mol. The van der Waals surface area contributed by atoms with Gasteiger partial charge < -0.3 is 19.5 Å². The van der Waals surface area contributed by atoms with E-state index in [9.17, 15) is 4.79 Å². The number of benzene rings is 2. The third kappa shape index (κ3) is 6.46. The highest BCUT2D eigenvalue weighted by molar-refractivity contribution is 6.74. The van der Waals surface area contributed by atoms with Gasteiger partial charge in [0.05, 0.1) is 30.7 Å². The number of ether oxygens (including phenoxy) is 1. The van der Waals surface area contributed by atoms with Gasteiger partial charge in [0.1, 0.15) is 11.4 Å². The molecule has 3 rings (SSSR count). The molecule has 0 spiro atoms. The number of nitrogens with zero attached hydrogens (tertiary/aromatic N) is 3. The quantitative estimate of drug-likeness (QED) is 0.316. The number of fused-ring (bicyclic) bond motifs is 1. The Morgan fingerprint density at radius 3 is 2.59 bits per heavy atom. The zero-order valence-corrected chi connectivity index (χ0v) is 21.7. The number of nitriles is 1. The number of carbonyl (C=O) groups excluding carboxylic acids is 1. The van der Waals surface area contributed by atoms with Crippen LogP contribution in [0.15, 0.2) is 48.9 Å². The number of hydrogen-bond acceptors (Lipinski definition) is 5. The highest BCUT2D eigenvalue weighted by Gasteiger charge is 2.39. The Morgan fingerprint density at radius 2 is 1.94 bits per heavy atom. The van der Waals surface area contributed by atoms with Crippen molar-refractivity contribution in [1.82, 2.24) is 9.55 Å². The van der Waals surface area contributed by atoms with Crippen molar-refractivity contribution in [2.45, 2.75) is 64.4 Å². The van der Waals surface area contributed by atoms with Crippen molar-refractivity contribution in [2.24, 2.45) is 5.73 Å². The maximum Gasteiger partial charge on any atom is 0.268 e. The number of rotatable bonds is 10. The number of aromatic nitrogens is 2. The van der Waals surface area contributed by atoms with Crippen molar-refractivity contribution in [3.05, 3.63) is 60.2 Å². The highest BCUT2D eigenvalue weighted by Crippen LogP contribution is 2.38. The van der Waals surface area contributed by atoms with Gasteiger partial charge in [0.25, 0.3) is 5.91 Å². The van der Waals surface area contributed by atoms with Gasteiger partial charge in [-0.2, -0.15) is 5.26 Å². The molecular weight excluding hydrogens is 444 g/mol. The van der Waals surface area contributed by atoms with E-state index in [4.69, 9.17) is 20.2 Å². The first-order chi connectivity index (χ1) is 16.0. The van der Waals surface area contributed by atoms with Crippen LogP contribution in [0.1, 0.15) is 49.7 Å². The largest absolute Gasteiger partial charge is 0.494 e. The van der Waals surface area contributed by atoms with Crippen LogP contribution in [0.4, 0.5) is 0 Å². The summed E-state index contributed by atoms with van der Waals surface area (Å²) in [4.78, 5) is 15.5. The second kappa shape index (κ2) is 10.4. The Morgan fingerprint density at radius 1 is 1.21 bits per heavy atom. The SMILES string of the molecule is CC(C)(C)[Si](C)(C)OC(CCCOc1ccc2ccc(C#N)cc2c1)Cn1cnc(C(N)=O)c1. The molecule has 34 heavy (non-hydrogen) atoms. The van der Waals surface area contributed by atoms with Gasteiger partial charge in [0.15, 0.2) is 8.32 Å². The van der Waals surface area contributed by atoms with Crippen molar-refractivity contribution in [2.75, 3.05) is 6.61 Å². The first kappa shape index (κ1) is 25.5. The van der Waals surface area contributed by atoms with E-state index in [-0.39, 0.29) is 16.8 Å². The van der Waals surface area contributed by atoms with E-state index in [2.05, 4.69) is 44.9 Å². The molecule has 2 aromatic carbocycles. The summed E-state index contributed by atoms with van der Waals surface area (Å²) in [6, 6.07) is 13.7. The molecule has 0 saturated heterocycles. The standard InChI is InChI=1S/C26H34N4O3Si/c1-26(2,3)34(4,5)33-23(16-30-17-24(25(28)31)29-18-30)7-6-12-32-22-11-10-20-9-8-19(15-27)13-21(20)14-22/h8-11,13-14,17-18,23H,6-7,12,16H2,1-5H3,(H2,28,31). The summed E-state index contributed by atoms with van der Waals surface area (Å²) >= 11 is 0. The molecule has 1 unspecified atom stereocenters. The van der Waals surface area contributed by atoms with Crippen LogP contribution in [0.25, 0.3) is 10.8 Å². The summed E-state index contributed by atoms with van der Waals surface area (Å²) in [6.45, 7) is 12.3. The topological polar surface area (TPSA) is 103 Å². The number of nitrogens with two attached hydrogens (primary N) is 1. The van der Waals surface area contributed by atoms with E-state index in [1.165, 1.54) is 0 Å². The molecule has 0 bridgehead atoms. The third-order valence-electron chi connectivity index (χ3n) is 6.45. The zero-order chi connectivity index (χ0) is 24.9. The van der Waals surface area contributed by atoms with E-state index in [0.29, 0.717) is 18.7 Å². The Bertz CT molecular complexity index is 1190. The van der Waals surface area contributed by atoms with Crippen molar-refractivity contribution < 1.29 is 14.0 Å². The molecule has 0 fully saturated rings. The minimum absolute atomic E-state index is 0.0331. The lowest BCUT2D eigenvalue weighted by Crippen LogP contribution is -2.45. The Labute approximate surface area is 202 Å². The molecule has 180 valence electrons. The summed E-state index contributed by atoms with van der Waals surface area (Å²) in [5.74, 6) is 0.247. The van der Waals surface area contributed by atoms with Crippen LogP contribution in [0, 0.1) is 11.3 Å². The molecule has 7 nitrogen and oxygen atoms in total. The van der Waals surface area contributed by atoms with E-state index < -0.39 is 14.2 Å². The summed E-state index contributed by atoms with van der Waals surface area (Å²) in [5.41, 5.74) is 6.24. The monoisotopic (exact) mass is 478 g/mol. The average Bonchev–Trinajstić information content (AvgIpc) is 3.24. The highest BCUT2D eigenvalue weighted by atomic mass is 28.4. The molecule has 1 heterocycles. The minimum atomic E-state index is -1.99. The smallest absolute Gasteiger partial charge is 0.268 e. The van der Waals surface area contributed by atoms with E-state index in [0.717, 1.165) is 29.4 Å². The number of hydrogen-bond donors (Lipinski definition) is 1. The van der Waals surface area contributed by atoms with Gasteiger partial charge in [-0.1, -0.05) is 32.9 Å². The van der Waals surface area contributed by atoms with Crippen LogP contribution >= 0.6 is 0 Å². The van der Waals surface area contributed by atoms with E-state index >= 15 is 0 Å². The number of amides is 1. The lowest BCUT2D eigenvalue weighted by atomic mass is 10.1. The Balaban J connectivity index is 1.64. The fourth-order valence-electron chi connectivity index (χ4n) is 3.49. The number of carbonyl (C=O) groups is 1. The molecule has 1 amide bonds. The summed E-state index contributed by atoms with van der Waals surface area (Å²) in [7, 11) is -1.99. The molecule has 8 heteroatoms. The van der Waals surface area contributed by atoms with E-state index in [1.807, 2.05) is 41.0 Å². The molecule has 0 radical (unpaired) electrons. The van der Waals surface area contributed by atoms with Crippen LogP contribution in [-0.4, -0.2) is 36.5 Å². The molecular formula is C26H34N4O3Si. The minimum Gasteiger partial charge on any atom is -0.494 e. The zero-order valence-electron chi connectivity index (χ0n) is 20.7. The number of primary amides is 1. The van der Waals surface area contributed by atoms with Crippen LogP contribution < -0.4 is 10.5 Å². The Kier molecular flexibility index (Phi) is 7.80. The molecule has 0 aliphatic rings. The van der Waals surface area contributed by atoms with Crippen molar-refractivity contribution in [1.29, 1.82) is 5.26 Å². The van der Waals surface area contributed by atoms with Gasteiger partial charge in [-0.25, -0.2) is 4.98 Å². The van der Waals surface area contributed by atoms with Gasteiger partial charge in [0.2, 0.25) is 0 Å². The molecule has 1 atom stereocenters. The van der Waals surface area contributed by atoms with Gasteiger partial charge in [-0.3, -0.25) is 4.79 Å². The van der Waals surface area contributed by atoms with Crippen molar-refractivity contribution >= 4 is 25.0 Å². The fraction of sp³-hybridized carbons (Fsp3) is 0.423. The van der Waals surface area contributed by atoms with Crippen LogP contribution in [0.3, 0.4) is 0 Å². The second-order valence-electron chi connectivity index (χ2n) is 10.1. The Hall–Kier alpha value is -3.15. The maximum absolute atomic E-state index is 11.4. The molecule has 0 saturated carbocycles. The molecule has 3 aromatic rings. The van der Waals surface area contributed by atoms with Crippen LogP contribution in [0.5, 0.6) is 5.75 Å². The summed E-state index contributed by atoms with van der Waals surface area (Å²) in [5, 5.41) is 11.3. The predicted octanol–water partition coefficient (Wildman–Crippen LogP) is 5.26. The van der Waals surface area contributed by atoms with E-state index in [1.54, 1.807) is 12.5 Å². The van der Waals surface area contributed by atoms with Crippen LogP contribution in [-0.2, 0) is 11.0 Å². The van der Waals surface area contributed by atoms with Gasteiger partial charge in [0, 0.05) is 12.7 Å². The lowest BCUT2D eigenvalue weighted by molar-refractivity contribution is 0.0995. The third-order valence-corrected chi connectivity index (χ3v) is 11.0. The van der Waals surface area contributed by atoms with Gasteiger partial charge in [-0.05, 0) is 66.0 Å². The van der Waals surface area contributed by atoms with Crippen LogP contribution in [0.2, 0.25) is 18.1 Å². The second-order valence-corrected chi connectivity index (χ2v) is 14.9. The molecule has 2 N–H and O–H groups in total. The lowest BCUT2D eigenvalue weighted by Gasteiger charge is -2.39. The van der Waals surface area contributed by atoms with Gasteiger partial charge >= 0.3 is 0 Å². The molecule has 0 aliphatic carbocycles. The molecule has 1 aromatic heterocycles. The normalized spacial score (nSPS) is 12.9. The average molecular weight is 479 g/mol. The number of imidazole rings is 1. The van der Waals surface area contributed by atoms with Crippen molar-refractivity contribution in [3.63, 3.8) is 0 Å². The first-order valence-corrected chi connectivity index (χ1v) is 14.5. The fourth-order valence-corrected chi connectivity index (χ4v) is 4.87. The summed E-state index contributed by atoms with van der Waals surface area (Å²) in [6.07, 6.45) is 4.89.